The highest BCUT2D eigenvalue weighted by atomic mass is 79.9. The maximum atomic E-state index is 11.4. The topological polar surface area (TPSA) is 70.0 Å². The highest BCUT2D eigenvalue weighted by Crippen LogP contribution is 2.27. The zero-order valence-corrected chi connectivity index (χ0v) is 13.0. The molecule has 0 aliphatic carbocycles. The number of hydrogen-bond acceptors (Lipinski definition) is 4. The Balaban J connectivity index is 2.32. The number of rotatable bonds is 3. The lowest BCUT2D eigenvalue weighted by molar-refractivity contribution is 0.602. The fourth-order valence-electron chi connectivity index (χ4n) is 1.68. The van der Waals surface area contributed by atoms with Crippen molar-refractivity contribution in [3.63, 3.8) is 0 Å². The van der Waals surface area contributed by atoms with Gasteiger partial charge in [-0.1, -0.05) is 6.07 Å². The van der Waals surface area contributed by atoms with E-state index in [1.807, 2.05) is 6.07 Å². The molecule has 0 saturated heterocycles. The number of benzene rings is 2. The summed E-state index contributed by atoms with van der Waals surface area (Å²) >= 11 is 3.32. The smallest absolute Gasteiger partial charge is 0.175 e. The molecule has 2 rings (SSSR count). The summed E-state index contributed by atoms with van der Waals surface area (Å²) in [4.78, 5) is 0.262. The van der Waals surface area contributed by atoms with Crippen LogP contribution in [0.1, 0.15) is 5.56 Å². The maximum Gasteiger partial charge on any atom is 0.175 e. The Kier molecular flexibility index (Phi) is 4.12. The lowest BCUT2D eigenvalue weighted by Crippen LogP contribution is -1.98. The van der Waals surface area contributed by atoms with Crippen LogP contribution in [0, 0.1) is 11.3 Å². The minimum absolute atomic E-state index is 0.262. The molecule has 0 atom stereocenters. The number of hydrogen-bond donors (Lipinski definition) is 1. The largest absolute Gasteiger partial charge is 0.354 e. The Labute approximate surface area is 126 Å². The normalized spacial score (nSPS) is 10.8. The molecule has 4 nitrogen and oxygen atoms in total. The molecular weight excluding hydrogens is 340 g/mol. The van der Waals surface area contributed by atoms with Crippen molar-refractivity contribution >= 4 is 37.1 Å². The molecule has 0 fully saturated rings. The summed E-state index contributed by atoms with van der Waals surface area (Å²) in [6.45, 7) is 0. The molecule has 0 aliphatic rings. The van der Waals surface area contributed by atoms with Gasteiger partial charge in [-0.15, -0.1) is 0 Å². The SMILES string of the molecule is CS(=O)(=O)c1ccc(Nc2cccc(Br)c2C#N)cc1. The molecule has 2 aromatic carbocycles. The molecule has 0 radical (unpaired) electrons. The van der Waals surface area contributed by atoms with Gasteiger partial charge in [0.2, 0.25) is 0 Å². The van der Waals surface area contributed by atoms with Crippen LogP contribution >= 0.6 is 15.9 Å². The summed E-state index contributed by atoms with van der Waals surface area (Å²) in [5, 5.41) is 12.2. The van der Waals surface area contributed by atoms with Gasteiger partial charge in [0.25, 0.3) is 0 Å². The van der Waals surface area contributed by atoms with Crippen LogP contribution in [-0.2, 0) is 9.84 Å². The van der Waals surface area contributed by atoms with Crippen LogP contribution in [0.5, 0.6) is 0 Å². The number of nitrogens with one attached hydrogen (secondary N) is 1. The lowest BCUT2D eigenvalue weighted by atomic mass is 10.2. The molecule has 0 spiro atoms. The Morgan fingerprint density at radius 3 is 2.35 bits per heavy atom. The highest BCUT2D eigenvalue weighted by molar-refractivity contribution is 9.10. The van der Waals surface area contributed by atoms with E-state index in [2.05, 4.69) is 27.3 Å². The molecular formula is C14H11BrN2O2S. The van der Waals surface area contributed by atoms with Crippen molar-refractivity contribution in [3.8, 4) is 6.07 Å². The Hall–Kier alpha value is -1.84. The van der Waals surface area contributed by atoms with Gasteiger partial charge in [0, 0.05) is 16.4 Å². The van der Waals surface area contributed by atoms with E-state index in [1.165, 1.54) is 12.1 Å². The minimum Gasteiger partial charge on any atom is -0.354 e. The molecule has 0 amide bonds. The van der Waals surface area contributed by atoms with E-state index in [-0.39, 0.29) is 4.90 Å². The third-order valence-electron chi connectivity index (χ3n) is 2.69. The Bertz CT molecular complexity index is 778. The molecule has 0 aliphatic heterocycles. The molecule has 0 saturated carbocycles. The zero-order valence-electron chi connectivity index (χ0n) is 10.6. The third kappa shape index (κ3) is 3.18. The van der Waals surface area contributed by atoms with Gasteiger partial charge in [-0.25, -0.2) is 8.42 Å². The molecule has 102 valence electrons. The first-order chi connectivity index (χ1) is 9.41. The standard InChI is InChI=1S/C14H11BrN2O2S/c1-20(18,19)11-7-5-10(6-8-11)17-14-4-2-3-13(15)12(14)9-16/h2-8,17H,1H3. The number of halogens is 1. The van der Waals surface area contributed by atoms with Crippen LogP contribution in [0.25, 0.3) is 0 Å². The summed E-state index contributed by atoms with van der Waals surface area (Å²) in [6, 6.07) is 13.9. The van der Waals surface area contributed by atoms with E-state index in [0.29, 0.717) is 21.4 Å². The van der Waals surface area contributed by atoms with Gasteiger partial charge < -0.3 is 5.32 Å². The van der Waals surface area contributed by atoms with Gasteiger partial charge in [0.1, 0.15) is 6.07 Å². The maximum absolute atomic E-state index is 11.4. The summed E-state index contributed by atoms with van der Waals surface area (Å²) in [5.74, 6) is 0. The average Bonchev–Trinajstić information content (AvgIpc) is 2.38. The zero-order chi connectivity index (χ0) is 14.8. The van der Waals surface area contributed by atoms with Crippen LogP contribution in [0.3, 0.4) is 0 Å². The number of sulfone groups is 1. The second kappa shape index (κ2) is 5.65. The van der Waals surface area contributed by atoms with Crippen LogP contribution in [0.15, 0.2) is 51.8 Å². The van der Waals surface area contributed by atoms with Crippen LogP contribution in [0.2, 0.25) is 0 Å². The van der Waals surface area contributed by atoms with Crippen molar-refractivity contribution in [2.45, 2.75) is 4.90 Å². The van der Waals surface area contributed by atoms with Gasteiger partial charge >= 0.3 is 0 Å². The van der Waals surface area contributed by atoms with Crippen molar-refractivity contribution in [2.75, 3.05) is 11.6 Å². The summed E-state index contributed by atoms with van der Waals surface area (Å²) in [6.07, 6.45) is 1.16. The van der Waals surface area contributed by atoms with Crippen molar-refractivity contribution in [1.82, 2.24) is 0 Å². The predicted octanol–water partition coefficient (Wildman–Crippen LogP) is 3.47. The second-order valence-electron chi connectivity index (χ2n) is 4.20. The molecule has 2 aromatic rings. The number of nitriles is 1. The fourth-order valence-corrected chi connectivity index (χ4v) is 2.77. The summed E-state index contributed by atoms with van der Waals surface area (Å²) in [5.41, 5.74) is 1.88. The van der Waals surface area contributed by atoms with Crippen LogP contribution in [-0.4, -0.2) is 14.7 Å². The number of nitrogens with zero attached hydrogens (tertiary/aromatic N) is 1. The van der Waals surface area contributed by atoms with Gasteiger partial charge in [-0.3, -0.25) is 0 Å². The van der Waals surface area contributed by atoms with Crippen molar-refractivity contribution in [3.05, 3.63) is 52.5 Å². The fraction of sp³-hybridized carbons (Fsp3) is 0.0714. The van der Waals surface area contributed by atoms with Gasteiger partial charge in [0.05, 0.1) is 16.1 Å². The quantitative estimate of drug-likeness (QED) is 0.919. The van der Waals surface area contributed by atoms with E-state index >= 15 is 0 Å². The van der Waals surface area contributed by atoms with Crippen LogP contribution in [0.4, 0.5) is 11.4 Å². The van der Waals surface area contributed by atoms with Gasteiger partial charge in [0.15, 0.2) is 9.84 Å². The Morgan fingerprint density at radius 2 is 1.80 bits per heavy atom. The molecule has 0 unspecified atom stereocenters. The average molecular weight is 351 g/mol. The van der Waals surface area contributed by atoms with Crippen LogP contribution < -0.4 is 5.32 Å². The van der Waals surface area contributed by atoms with E-state index in [0.717, 1.165) is 6.26 Å². The van der Waals surface area contributed by atoms with E-state index in [4.69, 9.17) is 5.26 Å². The van der Waals surface area contributed by atoms with Gasteiger partial charge in [-0.05, 0) is 52.3 Å². The first kappa shape index (κ1) is 14.6. The molecule has 20 heavy (non-hydrogen) atoms. The predicted molar refractivity (Wildman–Crippen MR) is 81.7 cm³/mol. The summed E-state index contributed by atoms with van der Waals surface area (Å²) in [7, 11) is -3.20. The molecule has 1 N–H and O–H groups in total. The van der Waals surface area contributed by atoms with E-state index in [1.54, 1.807) is 24.3 Å². The number of anilines is 2. The lowest BCUT2D eigenvalue weighted by Gasteiger charge is -2.09. The monoisotopic (exact) mass is 350 g/mol. The van der Waals surface area contributed by atoms with E-state index < -0.39 is 9.84 Å². The molecule has 0 aromatic heterocycles. The third-order valence-corrected chi connectivity index (χ3v) is 4.48. The first-order valence-electron chi connectivity index (χ1n) is 5.67. The minimum atomic E-state index is -3.20. The molecule has 6 heteroatoms. The van der Waals surface area contributed by atoms with Crippen molar-refractivity contribution in [2.24, 2.45) is 0 Å². The molecule has 0 heterocycles. The second-order valence-corrected chi connectivity index (χ2v) is 7.07. The van der Waals surface area contributed by atoms with Gasteiger partial charge in [-0.2, -0.15) is 5.26 Å². The Morgan fingerprint density at radius 1 is 1.15 bits per heavy atom. The first-order valence-corrected chi connectivity index (χ1v) is 8.36. The van der Waals surface area contributed by atoms with Crippen molar-refractivity contribution < 1.29 is 8.42 Å². The molecule has 0 bridgehead atoms. The van der Waals surface area contributed by atoms with E-state index in [9.17, 15) is 8.42 Å². The highest BCUT2D eigenvalue weighted by Gasteiger charge is 2.08. The van der Waals surface area contributed by atoms with Crippen molar-refractivity contribution in [1.29, 1.82) is 5.26 Å². The summed E-state index contributed by atoms with van der Waals surface area (Å²) < 4.78 is 23.5.